The molecule has 1 amide bonds. The zero-order chi connectivity index (χ0) is 18.9. The third-order valence-electron chi connectivity index (χ3n) is 3.77. The Morgan fingerprint density at radius 3 is 2.52 bits per heavy atom. The standard InChI is InChI=1S/C19H27N5OS.HI/c1-5-20-18(25)16-9-7-8-15(10-16)11-22-19(21-6-2)23-12-17-24-13(3)14(4)26-17;/h7-10H,5-6,11-12H2,1-4H3,(H,20,25)(H2,21,22,23);1H. The van der Waals surface area contributed by atoms with Crippen LogP contribution in [0.1, 0.15) is 45.3 Å². The largest absolute Gasteiger partial charge is 0.357 e. The number of halogens is 1. The number of guanidine groups is 1. The van der Waals surface area contributed by atoms with Crippen LogP contribution in [0.3, 0.4) is 0 Å². The van der Waals surface area contributed by atoms with Gasteiger partial charge in [0, 0.05) is 23.5 Å². The molecule has 148 valence electrons. The van der Waals surface area contributed by atoms with Crippen LogP contribution in [0.2, 0.25) is 0 Å². The van der Waals surface area contributed by atoms with Crippen LogP contribution in [0.25, 0.3) is 0 Å². The quantitative estimate of drug-likeness (QED) is 0.309. The lowest BCUT2D eigenvalue weighted by Crippen LogP contribution is -2.36. The van der Waals surface area contributed by atoms with Gasteiger partial charge in [-0.15, -0.1) is 35.3 Å². The molecule has 6 nitrogen and oxygen atoms in total. The van der Waals surface area contributed by atoms with E-state index < -0.39 is 0 Å². The van der Waals surface area contributed by atoms with E-state index in [1.165, 1.54) is 4.88 Å². The minimum Gasteiger partial charge on any atom is -0.357 e. The van der Waals surface area contributed by atoms with Crippen molar-refractivity contribution in [3.05, 3.63) is 51.0 Å². The van der Waals surface area contributed by atoms with Gasteiger partial charge >= 0.3 is 0 Å². The van der Waals surface area contributed by atoms with Crippen LogP contribution in [0.5, 0.6) is 0 Å². The highest BCUT2D eigenvalue weighted by Crippen LogP contribution is 2.15. The summed E-state index contributed by atoms with van der Waals surface area (Å²) in [5.74, 6) is 0.680. The highest BCUT2D eigenvalue weighted by molar-refractivity contribution is 14.0. The number of hydrogen-bond acceptors (Lipinski definition) is 4. The Balaban J connectivity index is 0.00000364. The maximum atomic E-state index is 11.9. The van der Waals surface area contributed by atoms with Gasteiger partial charge in [-0.05, 0) is 45.4 Å². The molecule has 0 fully saturated rings. The number of carbonyl (C=O) groups excluding carboxylic acids is 1. The minimum absolute atomic E-state index is 0. The summed E-state index contributed by atoms with van der Waals surface area (Å²) in [6.07, 6.45) is 0. The number of benzene rings is 1. The lowest BCUT2D eigenvalue weighted by atomic mass is 10.1. The van der Waals surface area contributed by atoms with Crippen LogP contribution in [-0.4, -0.2) is 29.9 Å². The Morgan fingerprint density at radius 2 is 1.89 bits per heavy atom. The lowest BCUT2D eigenvalue weighted by molar-refractivity contribution is 0.0955. The van der Waals surface area contributed by atoms with Crippen molar-refractivity contribution in [2.45, 2.75) is 40.8 Å². The molecule has 0 saturated carbocycles. The Hall–Kier alpha value is -1.68. The van der Waals surface area contributed by atoms with E-state index in [2.05, 4.69) is 32.9 Å². The molecule has 1 aromatic carbocycles. The molecule has 27 heavy (non-hydrogen) atoms. The molecule has 8 heteroatoms. The zero-order valence-corrected chi connectivity index (χ0v) is 19.4. The van der Waals surface area contributed by atoms with Crippen molar-refractivity contribution in [3.63, 3.8) is 0 Å². The van der Waals surface area contributed by atoms with Crippen LogP contribution < -0.4 is 16.0 Å². The maximum Gasteiger partial charge on any atom is 0.251 e. The molecule has 0 radical (unpaired) electrons. The fraction of sp³-hybridized carbons (Fsp3) is 0.421. The van der Waals surface area contributed by atoms with Gasteiger partial charge in [0.05, 0.1) is 18.8 Å². The van der Waals surface area contributed by atoms with Gasteiger partial charge in [-0.2, -0.15) is 0 Å². The second-order valence-corrected chi connectivity index (χ2v) is 7.15. The van der Waals surface area contributed by atoms with Crippen molar-refractivity contribution < 1.29 is 4.79 Å². The highest BCUT2D eigenvalue weighted by Gasteiger charge is 2.06. The van der Waals surface area contributed by atoms with Crippen LogP contribution in [0.15, 0.2) is 29.3 Å². The fourth-order valence-corrected chi connectivity index (χ4v) is 3.23. The van der Waals surface area contributed by atoms with Crippen LogP contribution >= 0.6 is 35.3 Å². The van der Waals surface area contributed by atoms with E-state index in [0.717, 1.165) is 28.8 Å². The van der Waals surface area contributed by atoms with Gasteiger partial charge in [0.1, 0.15) is 5.01 Å². The molecule has 0 bridgehead atoms. The first-order chi connectivity index (χ1) is 12.5. The molecule has 1 heterocycles. The van der Waals surface area contributed by atoms with Crippen molar-refractivity contribution >= 4 is 47.2 Å². The monoisotopic (exact) mass is 501 g/mol. The third kappa shape index (κ3) is 7.45. The van der Waals surface area contributed by atoms with Crippen molar-refractivity contribution in [1.82, 2.24) is 20.9 Å². The minimum atomic E-state index is -0.0575. The summed E-state index contributed by atoms with van der Waals surface area (Å²) in [4.78, 5) is 22.3. The molecule has 1 aromatic heterocycles. The van der Waals surface area contributed by atoms with E-state index in [1.54, 1.807) is 11.3 Å². The second kappa shape index (κ2) is 11.9. The number of carbonyl (C=O) groups is 1. The summed E-state index contributed by atoms with van der Waals surface area (Å²) < 4.78 is 0. The van der Waals surface area contributed by atoms with E-state index in [4.69, 9.17) is 0 Å². The molecule has 2 aromatic rings. The summed E-state index contributed by atoms with van der Waals surface area (Å²) in [6, 6.07) is 7.56. The SMILES string of the molecule is CCNC(=O)c1cccc(CN=C(NCC)NCc2nc(C)c(C)s2)c1.I. The van der Waals surface area contributed by atoms with E-state index in [1.807, 2.05) is 45.0 Å². The van der Waals surface area contributed by atoms with E-state index >= 15 is 0 Å². The van der Waals surface area contributed by atoms with E-state index in [-0.39, 0.29) is 29.9 Å². The Labute approximate surface area is 182 Å². The first kappa shape index (κ1) is 23.4. The molecule has 3 N–H and O–H groups in total. The van der Waals surface area contributed by atoms with E-state index in [0.29, 0.717) is 25.2 Å². The normalized spacial score (nSPS) is 10.9. The summed E-state index contributed by atoms with van der Waals surface area (Å²) in [6.45, 7) is 10.6. The zero-order valence-electron chi connectivity index (χ0n) is 16.3. The summed E-state index contributed by atoms with van der Waals surface area (Å²) in [5, 5.41) is 10.4. The molecule has 0 aliphatic rings. The number of thiazole rings is 1. The van der Waals surface area contributed by atoms with Crippen molar-refractivity contribution in [2.24, 2.45) is 4.99 Å². The number of amides is 1. The number of rotatable bonds is 7. The number of nitrogens with zero attached hydrogens (tertiary/aromatic N) is 2. The van der Waals surface area contributed by atoms with Gasteiger partial charge < -0.3 is 16.0 Å². The van der Waals surface area contributed by atoms with Gasteiger partial charge in [-0.3, -0.25) is 4.79 Å². The fourth-order valence-electron chi connectivity index (χ4n) is 2.36. The third-order valence-corrected chi connectivity index (χ3v) is 4.84. The van der Waals surface area contributed by atoms with Gasteiger partial charge in [-0.25, -0.2) is 9.98 Å². The topological polar surface area (TPSA) is 78.4 Å². The number of aliphatic imine (C=N–C) groups is 1. The number of nitrogens with one attached hydrogen (secondary N) is 3. The van der Waals surface area contributed by atoms with Gasteiger partial charge in [0.15, 0.2) is 5.96 Å². The predicted molar refractivity (Wildman–Crippen MR) is 123 cm³/mol. The van der Waals surface area contributed by atoms with Gasteiger partial charge in [-0.1, -0.05) is 12.1 Å². The van der Waals surface area contributed by atoms with Crippen molar-refractivity contribution in [1.29, 1.82) is 0 Å². The van der Waals surface area contributed by atoms with Crippen LogP contribution in [0, 0.1) is 13.8 Å². The number of hydrogen-bond donors (Lipinski definition) is 3. The van der Waals surface area contributed by atoms with E-state index in [9.17, 15) is 4.79 Å². The van der Waals surface area contributed by atoms with Crippen LogP contribution in [0.4, 0.5) is 0 Å². The highest BCUT2D eigenvalue weighted by atomic mass is 127. The van der Waals surface area contributed by atoms with Crippen molar-refractivity contribution in [2.75, 3.05) is 13.1 Å². The van der Waals surface area contributed by atoms with Crippen LogP contribution in [-0.2, 0) is 13.1 Å². The average molecular weight is 501 g/mol. The molecular weight excluding hydrogens is 473 g/mol. The molecule has 0 unspecified atom stereocenters. The molecule has 0 atom stereocenters. The molecule has 0 aliphatic heterocycles. The summed E-state index contributed by atoms with van der Waals surface area (Å²) >= 11 is 1.70. The number of aryl methyl sites for hydroxylation is 2. The molecule has 0 spiro atoms. The maximum absolute atomic E-state index is 11.9. The molecule has 0 aliphatic carbocycles. The lowest BCUT2D eigenvalue weighted by Gasteiger charge is -2.10. The first-order valence-corrected chi connectivity index (χ1v) is 9.67. The average Bonchev–Trinajstić information content (AvgIpc) is 2.96. The second-order valence-electron chi connectivity index (χ2n) is 5.86. The Morgan fingerprint density at radius 1 is 1.15 bits per heavy atom. The Bertz CT molecular complexity index is 756. The smallest absolute Gasteiger partial charge is 0.251 e. The van der Waals surface area contributed by atoms with Crippen molar-refractivity contribution in [3.8, 4) is 0 Å². The summed E-state index contributed by atoms with van der Waals surface area (Å²) in [5.41, 5.74) is 2.73. The Kier molecular flexibility index (Phi) is 10.3. The van der Waals surface area contributed by atoms with Gasteiger partial charge in [0.2, 0.25) is 0 Å². The predicted octanol–water partition coefficient (Wildman–Crippen LogP) is 3.38. The molecule has 2 rings (SSSR count). The molecule has 0 saturated heterocycles. The van der Waals surface area contributed by atoms with Gasteiger partial charge in [0.25, 0.3) is 5.91 Å². The summed E-state index contributed by atoms with van der Waals surface area (Å²) in [7, 11) is 0. The molecular formula is C19H28IN5OS. The first-order valence-electron chi connectivity index (χ1n) is 8.85. The number of aromatic nitrogens is 1.